The Bertz CT molecular complexity index is 952. The number of ether oxygens (including phenoxy) is 3. The van der Waals surface area contributed by atoms with Crippen LogP contribution in [0.2, 0.25) is 5.02 Å². The molecule has 1 aromatic carbocycles. The number of benzene rings is 1. The standard InChI is InChI=1S/C23H29ClN4O5/c1-3-33-20-5-4-16(12-21(20)31-2)19(28-8-10-32-11-9-28)14-26-22(29)15-27-23(30)18-13-17(24)6-7-25-18/h4-7,12-13,19H,3,8-11,14-15H2,1-2H3,(H,26,29)(H,27,30). The first-order valence-corrected chi connectivity index (χ1v) is 11.2. The average Bonchev–Trinajstić information content (AvgIpc) is 2.84. The number of pyridine rings is 1. The van der Waals surface area contributed by atoms with E-state index in [0.29, 0.717) is 42.9 Å². The lowest BCUT2D eigenvalue weighted by molar-refractivity contribution is -0.120. The highest BCUT2D eigenvalue weighted by Crippen LogP contribution is 2.32. The second kappa shape index (κ2) is 12.4. The summed E-state index contributed by atoms with van der Waals surface area (Å²) in [5.41, 5.74) is 1.15. The smallest absolute Gasteiger partial charge is 0.270 e. The van der Waals surface area contributed by atoms with Gasteiger partial charge >= 0.3 is 0 Å². The van der Waals surface area contributed by atoms with Gasteiger partial charge in [0, 0.05) is 30.9 Å². The summed E-state index contributed by atoms with van der Waals surface area (Å²) >= 11 is 5.89. The van der Waals surface area contributed by atoms with Gasteiger partial charge in [0.15, 0.2) is 11.5 Å². The molecule has 2 N–H and O–H groups in total. The second-order valence-electron chi connectivity index (χ2n) is 7.35. The van der Waals surface area contributed by atoms with Crippen LogP contribution in [0.4, 0.5) is 0 Å². The molecule has 0 spiro atoms. The highest BCUT2D eigenvalue weighted by molar-refractivity contribution is 6.30. The van der Waals surface area contributed by atoms with Gasteiger partial charge in [-0.1, -0.05) is 17.7 Å². The van der Waals surface area contributed by atoms with Crippen LogP contribution in [0.5, 0.6) is 11.5 Å². The Hall–Kier alpha value is -2.88. The van der Waals surface area contributed by atoms with Crippen molar-refractivity contribution in [2.24, 2.45) is 0 Å². The Labute approximate surface area is 198 Å². The topological polar surface area (TPSA) is 102 Å². The third-order valence-corrected chi connectivity index (χ3v) is 5.45. The minimum atomic E-state index is -0.464. The number of carbonyl (C=O) groups is 2. The van der Waals surface area contributed by atoms with Crippen LogP contribution in [0.15, 0.2) is 36.5 Å². The van der Waals surface area contributed by atoms with Gasteiger partial charge in [0.2, 0.25) is 5.91 Å². The second-order valence-corrected chi connectivity index (χ2v) is 7.79. The summed E-state index contributed by atoms with van der Waals surface area (Å²) < 4.78 is 16.6. The van der Waals surface area contributed by atoms with E-state index in [1.54, 1.807) is 13.2 Å². The zero-order chi connectivity index (χ0) is 23.6. The molecule has 0 bridgehead atoms. The first-order valence-electron chi connectivity index (χ1n) is 10.8. The van der Waals surface area contributed by atoms with Gasteiger partial charge in [-0.05, 0) is 36.8 Å². The molecule has 3 rings (SSSR count). The van der Waals surface area contributed by atoms with E-state index in [1.165, 1.54) is 12.3 Å². The quantitative estimate of drug-likeness (QED) is 0.541. The Morgan fingerprint density at radius 1 is 1.18 bits per heavy atom. The van der Waals surface area contributed by atoms with Crippen LogP contribution in [0.25, 0.3) is 0 Å². The summed E-state index contributed by atoms with van der Waals surface area (Å²) in [5.74, 6) is 0.543. The SMILES string of the molecule is CCOc1ccc(C(CNC(=O)CNC(=O)c2cc(Cl)ccn2)N2CCOCC2)cc1OC. The minimum absolute atomic E-state index is 0.0901. The molecule has 2 heterocycles. The number of morpholine rings is 1. The predicted molar refractivity (Wildman–Crippen MR) is 124 cm³/mol. The molecule has 178 valence electrons. The number of halogens is 1. The van der Waals surface area contributed by atoms with Crippen molar-refractivity contribution in [2.75, 3.05) is 53.1 Å². The third kappa shape index (κ3) is 7.05. The number of methoxy groups -OCH3 is 1. The third-order valence-electron chi connectivity index (χ3n) is 5.22. The van der Waals surface area contributed by atoms with Gasteiger partial charge in [0.1, 0.15) is 5.69 Å². The lowest BCUT2D eigenvalue weighted by Crippen LogP contribution is -2.45. The fourth-order valence-electron chi connectivity index (χ4n) is 3.57. The van der Waals surface area contributed by atoms with Gasteiger partial charge in [-0.15, -0.1) is 0 Å². The van der Waals surface area contributed by atoms with E-state index in [1.807, 2.05) is 25.1 Å². The van der Waals surface area contributed by atoms with Gasteiger partial charge in [0.25, 0.3) is 5.91 Å². The Kier molecular flexibility index (Phi) is 9.29. The van der Waals surface area contributed by atoms with Gasteiger partial charge in [-0.3, -0.25) is 19.5 Å². The molecule has 1 atom stereocenters. The summed E-state index contributed by atoms with van der Waals surface area (Å²) in [6, 6.07) is 8.73. The van der Waals surface area contributed by atoms with Crippen LogP contribution >= 0.6 is 11.6 Å². The number of hydrogen-bond acceptors (Lipinski definition) is 7. The first kappa shape index (κ1) is 24.8. The van der Waals surface area contributed by atoms with Crippen molar-refractivity contribution in [3.8, 4) is 11.5 Å². The molecule has 33 heavy (non-hydrogen) atoms. The Morgan fingerprint density at radius 2 is 1.97 bits per heavy atom. The molecule has 0 saturated carbocycles. The minimum Gasteiger partial charge on any atom is -0.493 e. The van der Waals surface area contributed by atoms with Gasteiger partial charge in [-0.25, -0.2) is 0 Å². The molecule has 1 unspecified atom stereocenters. The summed E-state index contributed by atoms with van der Waals surface area (Å²) in [6.45, 7) is 5.38. The fourth-order valence-corrected chi connectivity index (χ4v) is 3.73. The van der Waals surface area contributed by atoms with E-state index in [0.717, 1.165) is 18.7 Å². The lowest BCUT2D eigenvalue weighted by atomic mass is 10.0. The van der Waals surface area contributed by atoms with Crippen LogP contribution < -0.4 is 20.1 Å². The van der Waals surface area contributed by atoms with E-state index in [4.69, 9.17) is 25.8 Å². The van der Waals surface area contributed by atoms with E-state index < -0.39 is 5.91 Å². The molecule has 2 aromatic rings. The molecular weight excluding hydrogens is 448 g/mol. The van der Waals surface area contributed by atoms with Crippen LogP contribution in [0, 0.1) is 0 Å². The number of amides is 2. The van der Waals surface area contributed by atoms with Crippen LogP contribution in [0.1, 0.15) is 29.0 Å². The van der Waals surface area contributed by atoms with Crippen molar-refractivity contribution >= 4 is 23.4 Å². The summed E-state index contributed by atoms with van der Waals surface area (Å²) in [7, 11) is 1.60. The highest BCUT2D eigenvalue weighted by atomic mass is 35.5. The molecular formula is C23H29ClN4O5. The monoisotopic (exact) mass is 476 g/mol. The predicted octanol–water partition coefficient (Wildman–Crippen LogP) is 2.06. The number of hydrogen-bond donors (Lipinski definition) is 2. The largest absolute Gasteiger partial charge is 0.493 e. The number of aromatic nitrogens is 1. The zero-order valence-electron chi connectivity index (χ0n) is 18.8. The summed E-state index contributed by atoms with van der Waals surface area (Å²) in [4.78, 5) is 30.9. The molecule has 2 amide bonds. The van der Waals surface area contributed by atoms with Gasteiger partial charge < -0.3 is 24.8 Å². The molecule has 0 aliphatic carbocycles. The first-order chi connectivity index (χ1) is 16.0. The van der Waals surface area contributed by atoms with Crippen molar-refractivity contribution in [3.05, 3.63) is 52.8 Å². The van der Waals surface area contributed by atoms with Crippen molar-refractivity contribution < 1.29 is 23.8 Å². The average molecular weight is 477 g/mol. The van der Waals surface area contributed by atoms with E-state index in [-0.39, 0.29) is 24.2 Å². The molecule has 0 radical (unpaired) electrons. The van der Waals surface area contributed by atoms with Gasteiger partial charge in [0.05, 0.1) is 39.5 Å². The number of nitrogens with one attached hydrogen (secondary N) is 2. The van der Waals surface area contributed by atoms with Crippen LogP contribution in [-0.2, 0) is 9.53 Å². The van der Waals surface area contributed by atoms with Crippen molar-refractivity contribution in [1.29, 1.82) is 0 Å². The lowest BCUT2D eigenvalue weighted by Gasteiger charge is -2.35. The normalized spacial score (nSPS) is 14.9. The fraction of sp³-hybridized carbons (Fsp3) is 0.435. The van der Waals surface area contributed by atoms with Gasteiger partial charge in [-0.2, -0.15) is 0 Å². The molecule has 1 fully saturated rings. The number of carbonyl (C=O) groups excluding carboxylic acids is 2. The Balaban J connectivity index is 1.64. The van der Waals surface area contributed by atoms with E-state index in [9.17, 15) is 9.59 Å². The van der Waals surface area contributed by atoms with E-state index >= 15 is 0 Å². The van der Waals surface area contributed by atoms with E-state index in [2.05, 4.69) is 20.5 Å². The maximum atomic E-state index is 12.5. The molecule has 10 heteroatoms. The maximum absolute atomic E-state index is 12.5. The highest BCUT2D eigenvalue weighted by Gasteiger charge is 2.24. The molecule has 1 aliphatic heterocycles. The van der Waals surface area contributed by atoms with Crippen LogP contribution in [0.3, 0.4) is 0 Å². The Morgan fingerprint density at radius 3 is 2.67 bits per heavy atom. The summed E-state index contributed by atoms with van der Waals surface area (Å²) in [6.07, 6.45) is 1.44. The number of rotatable bonds is 10. The van der Waals surface area contributed by atoms with Crippen molar-refractivity contribution in [1.82, 2.24) is 20.5 Å². The zero-order valence-corrected chi connectivity index (χ0v) is 19.6. The van der Waals surface area contributed by atoms with Crippen molar-refractivity contribution in [3.63, 3.8) is 0 Å². The molecule has 1 saturated heterocycles. The molecule has 1 aliphatic rings. The summed E-state index contributed by atoms with van der Waals surface area (Å²) in [5, 5.41) is 5.89. The molecule has 1 aromatic heterocycles. The van der Waals surface area contributed by atoms with Crippen molar-refractivity contribution in [2.45, 2.75) is 13.0 Å². The van der Waals surface area contributed by atoms with Crippen LogP contribution in [-0.4, -0.2) is 74.8 Å². The maximum Gasteiger partial charge on any atom is 0.270 e. The number of nitrogens with zero attached hydrogens (tertiary/aromatic N) is 2. The molecule has 9 nitrogen and oxygen atoms in total.